The minimum absolute atomic E-state index is 0.323. The number of hydrogen-bond acceptors (Lipinski definition) is 3. The van der Waals surface area contributed by atoms with E-state index in [1.165, 1.54) is 0 Å². The van der Waals surface area contributed by atoms with Gasteiger partial charge in [0.25, 0.3) is 5.91 Å². The van der Waals surface area contributed by atoms with Crippen molar-refractivity contribution in [3.8, 4) is 5.75 Å². The third-order valence-electron chi connectivity index (χ3n) is 2.62. The molecule has 1 aromatic rings. The van der Waals surface area contributed by atoms with Gasteiger partial charge in [0.05, 0.1) is 0 Å². The maximum Gasteiger partial charge on any atom is 0.279 e. The molecule has 0 aliphatic carbocycles. The van der Waals surface area contributed by atoms with E-state index in [2.05, 4.69) is 16.2 Å². The maximum atomic E-state index is 11.8. The van der Waals surface area contributed by atoms with E-state index in [0.29, 0.717) is 15.9 Å². The van der Waals surface area contributed by atoms with E-state index in [-0.39, 0.29) is 5.91 Å². The van der Waals surface area contributed by atoms with Crippen molar-refractivity contribution in [3.05, 3.63) is 28.3 Å². The van der Waals surface area contributed by atoms with Crippen LogP contribution in [-0.4, -0.2) is 24.2 Å². The lowest BCUT2D eigenvalue weighted by Gasteiger charge is -2.17. The number of ether oxygens (including phenoxy) is 1. The van der Waals surface area contributed by atoms with Crippen LogP contribution in [0.15, 0.2) is 12.1 Å². The summed E-state index contributed by atoms with van der Waals surface area (Å²) in [6, 6.07) is 3.59. The predicted molar refractivity (Wildman–Crippen MR) is 84.0 cm³/mol. The van der Waals surface area contributed by atoms with Crippen molar-refractivity contribution in [1.82, 2.24) is 16.2 Å². The monoisotopic (exact) mass is 315 g/mol. The van der Waals surface area contributed by atoms with Crippen molar-refractivity contribution in [2.45, 2.75) is 26.9 Å². The molecule has 110 valence electrons. The molecule has 0 saturated carbocycles. The molecule has 1 aromatic carbocycles. The summed E-state index contributed by atoms with van der Waals surface area (Å²) >= 11 is 10.9. The number of nitrogens with one attached hydrogen (secondary N) is 3. The zero-order valence-electron chi connectivity index (χ0n) is 11.8. The van der Waals surface area contributed by atoms with Gasteiger partial charge in [-0.3, -0.25) is 15.6 Å². The number of amides is 1. The molecule has 0 bridgehead atoms. The lowest BCUT2D eigenvalue weighted by molar-refractivity contribution is -0.127. The maximum absolute atomic E-state index is 11.8. The van der Waals surface area contributed by atoms with E-state index in [1.54, 1.807) is 26.1 Å². The van der Waals surface area contributed by atoms with Crippen LogP contribution < -0.4 is 20.9 Å². The summed E-state index contributed by atoms with van der Waals surface area (Å²) in [6.45, 7) is 5.43. The number of hydrazine groups is 1. The number of benzene rings is 1. The Bertz CT molecular complexity index is 499. The molecule has 3 N–H and O–H groups in total. The summed E-state index contributed by atoms with van der Waals surface area (Å²) in [5.74, 6) is 0.274. The fourth-order valence-corrected chi connectivity index (χ4v) is 1.67. The molecule has 20 heavy (non-hydrogen) atoms. The summed E-state index contributed by atoms with van der Waals surface area (Å²) < 4.78 is 5.58. The minimum Gasteiger partial charge on any atom is -0.481 e. The second-order valence-corrected chi connectivity index (χ2v) is 5.11. The molecule has 0 fully saturated rings. The number of aryl methyl sites for hydroxylation is 2. The molecule has 0 aliphatic heterocycles. The summed E-state index contributed by atoms with van der Waals surface area (Å²) in [7, 11) is 1.65. The van der Waals surface area contributed by atoms with Crippen molar-refractivity contribution in [2.75, 3.05) is 7.05 Å². The molecule has 0 saturated heterocycles. The highest BCUT2D eigenvalue weighted by atomic mass is 35.5. The average Bonchev–Trinajstić information content (AvgIpc) is 2.41. The second kappa shape index (κ2) is 7.31. The highest BCUT2D eigenvalue weighted by molar-refractivity contribution is 7.80. The molecular formula is C13H18ClN3O2S. The third kappa shape index (κ3) is 4.54. The van der Waals surface area contributed by atoms with Crippen LogP contribution in [0.25, 0.3) is 0 Å². The summed E-state index contributed by atoms with van der Waals surface area (Å²) in [5.41, 5.74) is 6.81. The van der Waals surface area contributed by atoms with E-state index in [0.717, 1.165) is 11.1 Å². The number of carbonyl (C=O) groups excluding carboxylic acids is 1. The van der Waals surface area contributed by atoms with Gasteiger partial charge in [-0.2, -0.15) is 0 Å². The van der Waals surface area contributed by atoms with Gasteiger partial charge in [0, 0.05) is 12.1 Å². The number of hydrogen-bond donors (Lipinski definition) is 3. The third-order valence-corrected chi connectivity index (χ3v) is 3.52. The standard InChI is InChI=1S/C13H18ClN3O2S/c1-7-5-10(6-8(2)11(7)14)19-9(3)12(18)16-17-13(20)15-4/h5-6,9H,1-4H3,(H,16,18)(H2,15,17,20)/t9-/m1/s1. The minimum atomic E-state index is -0.665. The molecule has 0 heterocycles. The van der Waals surface area contributed by atoms with Crippen LogP contribution >= 0.6 is 23.8 Å². The Morgan fingerprint density at radius 3 is 2.35 bits per heavy atom. The fourth-order valence-electron chi connectivity index (χ4n) is 1.51. The van der Waals surface area contributed by atoms with Crippen molar-refractivity contribution in [2.24, 2.45) is 0 Å². The van der Waals surface area contributed by atoms with Crippen molar-refractivity contribution in [1.29, 1.82) is 0 Å². The first-order valence-corrected chi connectivity index (χ1v) is 6.84. The van der Waals surface area contributed by atoms with Gasteiger partial charge in [-0.05, 0) is 56.2 Å². The van der Waals surface area contributed by atoms with Gasteiger partial charge in [-0.25, -0.2) is 0 Å². The first-order valence-electron chi connectivity index (χ1n) is 6.06. The van der Waals surface area contributed by atoms with Crippen molar-refractivity contribution in [3.63, 3.8) is 0 Å². The number of carbonyl (C=O) groups is 1. The second-order valence-electron chi connectivity index (χ2n) is 4.32. The van der Waals surface area contributed by atoms with E-state index in [9.17, 15) is 4.79 Å². The molecule has 0 radical (unpaired) electrons. The first kappa shape index (κ1) is 16.5. The quantitative estimate of drug-likeness (QED) is 0.587. The summed E-state index contributed by atoms with van der Waals surface area (Å²) in [5, 5.41) is 3.71. The first-order chi connectivity index (χ1) is 9.35. The van der Waals surface area contributed by atoms with Crippen LogP contribution in [0.3, 0.4) is 0 Å². The Labute approximate surface area is 129 Å². The molecule has 7 heteroatoms. The highest BCUT2D eigenvalue weighted by Crippen LogP contribution is 2.26. The Balaban J connectivity index is 2.64. The molecule has 0 spiro atoms. The molecule has 1 rings (SSSR count). The van der Waals surface area contributed by atoms with Crippen LogP contribution in [0.2, 0.25) is 5.02 Å². The number of thiocarbonyl (C=S) groups is 1. The van der Waals surface area contributed by atoms with Gasteiger partial charge >= 0.3 is 0 Å². The Hall–Kier alpha value is -1.53. The molecule has 0 aliphatic rings. The van der Waals surface area contributed by atoms with Crippen LogP contribution in [0.1, 0.15) is 18.1 Å². The van der Waals surface area contributed by atoms with E-state index >= 15 is 0 Å². The number of rotatable bonds is 3. The van der Waals surface area contributed by atoms with Crippen molar-refractivity contribution < 1.29 is 9.53 Å². The highest BCUT2D eigenvalue weighted by Gasteiger charge is 2.15. The van der Waals surface area contributed by atoms with Gasteiger partial charge in [-0.15, -0.1) is 0 Å². The van der Waals surface area contributed by atoms with E-state index < -0.39 is 6.10 Å². The Morgan fingerprint density at radius 1 is 1.30 bits per heavy atom. The summed E-state index contributed by atoms with van der Waals surface area (Å²) in [4.78, 5) is 11.8. The summed E-state index contributed by atoms with van der Waals surface area (Å²) in [6.07, 6.45) is -0.665. The molecule has 0 unspecified atom stereocenters. The molecule has 5 nitrogen and oxygen atoms in total. The van der Waals surface area contributed by atoms with E-state index in [4.69, 9.17) is 28.6 Å². The molecule has 1 atom stereocenters. The van der Waals surface area contributed by atoms with Gasteiger partial charge in [0.1, 0.15) is 5.75 Å². The molecular weight excluding hydrogens is 298 g/mol. The van der Waals surface area contributed by atoms with Crippen LogP contribution in [0, 0.1) is 13.8 Å². The lowest BCUT2D eigenvalue weighted by Crippen LogP contribution is -2.49. The smallest absolute Gasteiger partial charge is 0.279 e. The zero-order chi connectivity index (χ0) is 15.3. The molecule has 1 amide bonds. The SMILES string of the molecule is CNC(=S)NNC(=O)[C@@H](C)Oc1cc(C)c(Cl)c(C)c1. The fraction of sp³-hybridized carbons (Fsp3) is 0.385. The predicted octanol–water partition coefficient (Wildman–Crippen LogP) is 1.85. The zero-order valence-corrected chi connectivity index (χ0v) is 13.4. The van der Waals surface area contributed by atoms with Crippen LogP contribution in [-0.2, 0) is 4.79 Å². The Kier molecular flexibility index (Phi) is 6.04. The average molecular weight is 316 g/mol. The van der Waals surface area contributed by atoms with Gasteiger partial charge in [0.2, 0.25) is 0 Å². The van der Waals surface area contributed by atoms with Crippen LogP contribution in [0.4, 0.5) is 0 Å². The normalized spacial score (nSPS) is 11.4. The van der Waals surface area contributed by atoms with Gasteiger partial charge in [-0.1, -0.05) is 11.6 Å². The van der Waals surface area contributed by atoms with Gasteiger partial charge < -0.3 is 10.1 Å². The topological polar surface area (TPSA) is 62.4 Å². The van der Waals surface area contributed by atoms with Crippen LogP contribution in [0.5, 0.6) is 5.75 Å². The van der Waals surface area contributed by atoms with Gasteiger partial charge in [0.15, 0.2) is 11.2 Å². The number of halogens is 1. The lowest BCUT2D eigenvalue weighted by atomic mass is 10.1. The van der Waals surface area contributed by atoms with E-state index in [1.807, 2.05) is 13.8 Å². The Morgan fingerprint density at radius 2 is 1.85 bits per heavy atom. The molecule has 0 aromatic heterocycles. The van der Waals surface area contributed by atoms with Crippen molar-refractivity contribution >= 4 is 34.8 Å². The largest absolute Gasteiger partial charge is 0.481 e.